The third kappa shape index (κ3) is 4.00. The molecule has 1 N–H and O–H groups in total. The largest absolute Gasteiger partial charge is 0.491 e. The average Bonchev–Trinajstić information content (AvgIpc) is 2.82. The van der Waals surface area contributed by atoms with Crippen LogP contribution < -0.4 is 5.32 Å². The minimum Gasteiger partial charge on any atom is -0.400 e. The Bertz CT molecular complexity index is 774. The van der Waals surface area contributed by atoms with Gasteiger partial charge in [-0.2, -0.15) is 12.6 Å². The van der Waals surface area contributed by atoms with Crippen molar-refractivity contribution in [3.05, 3.63) is 65.6 Å². The van der Waals surface area contributed by atoms with Crippen molar-refractivity contribution in [2.24, 2.45) is 0 Å². The summed E-state index contributed by atoms with van der Waals surface area (Å²) in [5, 5.41) is 3.47. The van der Waals surface area contributed by atoms with Crippen LogP contribution in [0, 0.1) is 0 Å². The molecule has 0 aliphatic carbocycles. The number of nitrogens with one attached hydrogen (secondary N) is 1. The fourth-order valence-corrected chi connectivity index (χ4v) is 3.04. The van der Waals surface area contributed by atoms with Gasteiger partial charge in [0.1, 0.15) is 0 Å². The number of thiol groups is 1. The summed E-state index contributed by atoms with van der Waals surface area (Å²) in [5.74, 6) is 0.566. The molecule has 3 rings (SSSR count). The highest BCUT2D eigenvalue weighted by Crippen LogP contribution is 2.39. The van der Waals surface area contributed by atoms with Crippen LogP contribution in [0.15, 0.2) is 60.1 Å². The summed E-state index contributed by atoms with van der Waals surface area (Å²) in [4.78, 5) is 0. The molecule has 1 aliphatic heterocycles. The molecule has 0 radical (unpaired) electrons. The molecule has 136 valence electrons. The Kier molecular flexibility index (Phi) is 5.51. The number of rotatable bonds is 5. The van der Waals surface area contributed by atoms with Crippen molar-refractivity contribution in [1.82, 2.24) is 0 Å². The predicted octanol–water partition coefficient (Wildman–Crippen LogP) is 5.37. The van der Waals surface area contributed by atoms with E-state index in [2.05, 4.69) is 63.8 Å². The second kappa shape index (κ2) is 7.51. The van der Waals surface area contributed by atoms with Gasteiger partial charge in [0.15, 0.2) is 0 Å². The number of hydrogen-bond donors (Lipinski definition) is 2. The highest BCUT2D eigenvalue weighted by molar-refractivity contribution is 7.80. The van der Waals surface area contributed by atoms with Crippen molar-refractivity contribution in [1.29, 1.82) is 0 Å². The maximum absolute atomic E-state index is 6.19. The summed E-state index contributed by atoms with van der Waals surface area (Å²) in [6.45, 7) is 8.25. The quantitative estimate of drug-likeness (QED) is 0.550. The molecule has 0 spiro atoms. The van der Waals surface area contributed by atoms with Crippen LogP contribution in [-0.2, 0) is 9.31 Å². The van der Waals surface area contributed by atoms with Gasteiger partial charge >= 0.3 is 7.12 Å². The van der Waals surface area contributed by atoms with Gasteiger partial charge in [-0.25, -0.2) is 0 Å². The molecule has 5 heteroatoms. The molecule has 1 aliphatic rings. The van der Waals surface area contributed by atoms with Crippen LogP contribution in [0.4, 0.5) is 11.4 Å². The SMILES string of the molecule is CC1(C)OB(C(=Cc2ccccc2Nc2ccccc2)CS)OC1(C)C. The molecule has 1 heterocycles. The van der Waals surface area contributed by atoms with Crippen LogP contribution in [0.5, 0.6) is 0 Å². The lowest BCUT2D eigenvalue weighted by molar-refractivity contribution is 0.00578. The predicted molar refractivity (Wildman–Crippen MR) is 114 cm³/mol. The first-order valence-corrected chi connectivity index (χ1v) is 9.54. The fourth-order valence-electron chi connectivity index (χ4n) is 2.80. The molecule has 0 unspecified atom stereocenters. The Hall–Kier alpha value is -1.69. The van der Waals surface area contributed by atoms with Gasteiger partial charge in [0.2, 0.25) is 0 Å². The zero-order chi connectivity index (χ0) is 18.8. The Morgan fingerprint density at radius 1 is 0.962 bits per heavy atom. The maximum Gasteiger partial charge on any atom is 0.491 e. The molecule has 0 aromatic heterocycles. The molecule has 2 aromatic rings. The summed E-state index contributed by atoms with van der Waals surface area (Å²) < 4.78 is 12.4. The van der Waals surface area contributed by atoms with Gasteiger partial charge in [0, 0.05) is 17.1 Å². The Balaban J connectivity index is 1.89. The third-order valence-corrected chi connectivity index (χ3v) is 5.46. The molecule has 0 saturated carbocycles. The first-order valence-electron chi connectivity index (χ1n) is 8.90. The molecule has 0 atom stereocenters. The first kappa shape index (κ1) is 19.1. The Morgan fingerprint density at radius 2 is 1.54 bits per heavy atom. The minimum atomic E-state index is -0.387. The number of para-hydroxylation sites is 2. The lowest BCUT2D eigenvalue weighted by Crippen LogP contribution is -2.41. The van der Waals surface area contributed by atoms with Crippen LogP contribution >= 0.6 is 12.6 Å². The first-order chi connectivity index (χ1) is 12.3. The summed E-state index contributed by atoms with van der Waals surface area (Å²) in [7, 11) is -0.387. The zero-order valence-electron chi connectivity index (χ0n) is 15.8. The number of hydrogen-bond acceptors (Lipinski definition) is 4. The van der Waals surface area contributed by atoms with E-state index in [-0.39, 0.29) is 18.3 Å². The second-order valence-electron chi connectivity index (χ2n) is 7.54. The van der Waals surface area contributed by atoms with E-state index in [9.17, 15) is 0 Å². The number of benzene rings is 2. The molecule has 3 nitrogen and oxygen atoms in total. The van der Waals surface area contributed by atoms with E-state index in [4.69, 9.17) is 9.31 Å². The zero-order valence-corrected chi connectivity index (χ0v) is 16.7. The summed E-state index contributed by atoms with van der Waals surface area (Å²) in [5.41, 5.74) is 3.46. The molecular formula is C21H26BNO2S. The normalized spacial score (nSPS) is 18.8. The lowest BCUT2D eigenvalue weighted by Gasteiger charge is -2.32. The highest BCUT2D eigenvalue weighted by atomic mass is 32.1. The lowest BCUT2D eigenvalue weighted by atomic mass is 9.78. The third-order valence-electron chi connectivity index (χ3n) is 5.09. The van der Waals surface area contributed by atoms with Gasteiger partial charge in [-0.05, 0) is 56.9 Å². The van der Waals surface area contributed by atoms with E-state index in [1.54, 1.807) is 0 Å². The topological polar surface area (TPSA) is 30.5 Å². The van der Waals surface area contributed by atoms with E-state index in [1.807, 2.05) is 42.5 Å². The summed E-state index contributed by atoms with van der Waals surface area (Å²) in [6, 6.07) is 18.4. The van der Waals surface area contributed by atoms with Gasteiger partial charge in [-0.3, -0.25) is 0 Å². The van der Waals surface area contributed by atoms with Crippen LogP contribution in [0.1, 0.15) is 33.3 Å². The molecule has 2 aromatic carbocycles. The monoisotopic (exact) mass is 367 g/mol. The van der Waals surface area contributed by atoms with E-state index in [0.717, 1.165) is 22.4 Å². The van der Waals surface area contributed by atoms with Crippen molar-refractivity contribution in [2.45, 2.75) is 38.9 Å². The standard InChI is InChI=1S/C21H26BNO2S/c1-20(2)21(3,4)25-22(24-20)17(15-26)14-16-10-8-9-13-19(16)23-18-11-6-5-7-12-18/h5-14,23,26H,15H2,1-4H3. The highest BCUT2D eigenvalue weighted by Gasteiger charge is 2.52. The summed E-state index contributed by atoms with van der Waals surface area (Å²) in [6.07, 6.45) is 2.11. The molecular weight excluding hydrogens is 341 g/mol. The Morgan fingerprint density at radius 3 is 2.15 bits per heavy atom. The van der Waals surface area contributed by atoms with E-state index in [0.29, 0.717) is 5.75 Å². The van der Waals surface area contributed by atoms with E-state index < -0.39 is 0 Å². The van der Waals surface area contributed by atoms with Crippen LogP contribution in [0.2, 0.25) is 0 Å². The van der Waals surface area contributed by atoms with Gasteiger partial charge in [0.25, 0.3) is 0 Å². The average molecular weight is 367 g/mol. The van der Waals surface area contributed by atoms with E-state index in [1.165, 1.54) is 0 Å². The number of anilines is 2. The molecule has 1 saturated heterocycles. The van der Waals surface area contributed by atoms with Crippen LogP contribution in [0.3, 0.4) is 0 Å². The maximum atomic E-state index is 6.19. The van der Waals surface area contributed by atoms with Crippen LogP contribution in [0.25, 0.3) is 6.08 Å². The van der Waals surface area contributed by atoms with E-state index >= 15 is 0 Å². The second-order valence-corrected chi connectivity index (χ2v) is 7.86. The van der Waals surface area contributed by atoms with Crippen molar-refractivity contribution < 1.29 is 9.31 Å². The summed E-state index contributed by atoms with van der Waals surface area (Å²) >= 11 is 4.52. The van der Waals surface area contributed by atoms with Gasteiger partial charge in [-0.1, -0.05) is 42.5 Å². The van der Waals surface area contributed by atoms with Crippen molar-refractivity contribution in [3.8, 4) is 0 Å². The Labute approximate surface area is 162 Å². The molecule has 0 bridgehead atoms. The van der Waals surface area contributed by atoms with Crippen LogP contribution in [-0.4, -0.2) is 24.1 Å². The molecule has 26 heavy (non-hydrogen) atoms. The smallest absolute Gasteiger partial charge is 0.400 e. The van der Waals surface area contributed by atoms with Gasteiger partial charge in [-0.15, -0.1) is 0 Å². The van der Waals surface area contributed by atoms with Crippen molar-refractivity contribution in [3.63, 3.8) is 0 Å². The molecule has 1 fully saturated rings. The fraction of sp³-hybridized carbons (Fsp3) is 0.333. The van der Waals surface area contributed by atoms with Crippen molar-refractivity contribution in [2.75, 3.05) is 11.1 Å². The van der Waals surface area contributed by atoms with Crippen molar-refractivity contribution >= 4 is 37.2 Å². The molecule has 0 amide bonds. The van der Waals surface area contributed by atoms with Gasteiger partial charge in [0.05, 0.1) is 11.2 Å². The minimum absolute atomic E-state index is 0.360. The van der Waals surface area contributed by atoms with Gasteiger partial charge < -0.3 is 14.6 Å².